The summed E-state index contributed by atoms with van der Waals surface area (Å²) >= 11 is 0. The van der Waals surface area contributed by atoms with Gasteiger partial charge in [0.2, 0.25) is 0 Å². The third-order valence-electron chi connectivity index (χ3n) is 7.51. The van der Waals surface area contributed by atoms with E-state index in [1.165, 1.54) is 57.2 Å². The van der Waals surface area contributed by atoms with Gasteiger partial charge >= 0.3 is 0 Å². The average Bonchev–Trinajstić information content (AvgIpc) is 3.50. The van der Waals surface area contributed by atoms with Gasteiger partial charge < -0.3 is 9.64 Å². The SMILES string of the molecule is COc1cccc([C@]23CCC[C@H](C2)N(C[C@@H]2C[C@H]2c2ccccc2)CC3)c1. The molecule has 2 aromatic carbocycles. The maximum Gasteiger partial charge on any atom is 0.119 e. The maximum atomic E-state index is 5.51. The molecule has 5 rings (SSSR count). The maximum absolute atomic E-state index is 5.51. The third kappa shape index (κ3) is 3.29. The van der Waals surface area contributed by atoms with E-state index in [0.29, 0.717) is 5.41 Å². The zero-order chi connectivity index (χ0) is 18.3. The predicted octanol–water partition coefficient (Wildman–Crippen LogP) is 5.39. The molecule has 2 saturated carbocycles. The van der Waals surface area contributed by atoms with E-state index in [0.717, 1.165) is 23.6 Å². The van der Waals surface area contributed by atoms with Crippen LogP contribution in [0.5, 0.6) is 5.75 Å². The summed E-state index contributed by atoms with van der Waals surface area (Å²) in [5.41, 5.74) is 3.45. The van der Waals surface area contributed by atoms with Crippen LogP contribution in [-0.4, -0.2) is 31.1 Å². The van der Waals surface area contributed by atoms with E-state index in [1.54, 1.807) is 12.7 Å². The Morgan fingerprint density at radius 2 is 1.96 bits per heavy atom. The van der Waals surface area contributed by atoms with Crippen LogP contribution in [0.4, 0.5) is 0 Å². The number of ether oxygens (including phenoxy) is 1. The predicted molar refractivity (Wildman–Crippen MR) is 110 cm³/mol. The molecular weight excluding hydrogens is 330 g/mol. The summed E-state index contributed by atoms with van der Waals surface area (Å²) in [6.07, 6.45) is 8.12. The molecule has 2 bridgehead atoms. The zero-order valence-corrected chi connectivity index (χ0v) is 16.4. The molecule has 2 nitrogen and oxygen atoms in total. The van der Waals surface area contributed by atoms with Gasteiger partial charge in [-0.25, -0.2) is 0 Å². The Morgan fingerprint density at radius 3 is 2.81 bits per heavy atom. The standard InChI is InChI=1S/C25H31NO/c1-27-23-11-5-9-21(16-23)25-12-6-10-22(17-25)26(14-13-25)18-20-15-24(20)19-7-3-2-4-8-19/h2-5,7-9,11,16,20,22,24H,6,10,12-15,17-18H2,1H3/t20-,22+,24-,25-/m0/s1. The largest absolute Gasteiger partial charge is 0.497 e. The second-order valence-corrected chi connectivity index (χ2v) is 9.02. The molecule has 2 aliphatic carbocycles. The number of likely N-dealkylation sites (tertiary alicyclic amines) is 1. The first-order valence-corrected chi connectivity index (χ1v) is 10.7. The van der Waals surface area contributed by atoms with Crippen molar-refractivity contribution < 1.29 is 4.74 Å². The summed E-state index contributed by atoms with van der Waals surface area (Å²) < 4.78 is 5.51. The van der Waals surface area contributed by atoms with Gasteiger partial charge in [0.15, 0.2) is 0 Å². The zero-order valence-electron chi connectivity index (χ0n) is 16.4. The van der Waals surface area contributed by atoms with E-state index in [9.17, 15) is 0 Å². The Balaban J connectivity index is 1.27. The Bertz CT molecular complexity index is 788. The molecule has 4 atom stereocenters. The van der Waals surface area contributed by atoms with Crippen molar-refractivity contribution >= 4 is 0 Å². The molecule has 0 spiro atoms. The molecule has 3 fully saturated rings. The van der Waals surface area contributed by atoms with Gasteiger partial charge in [0, 0.05) is 12.6 Å². The number of fused-ring (bicyclic) bond motifs is 2. The minimum Gasteiger partial charge on any atom is -0.497 e. The molecule has 27 heavy (non-hydrogen) atoms. The molecule has 0 unspecified atom stereocenters. The van der Waals surface area contributed by atoms with Crippen LogP contribution in [0.25, 0.3) is 0 Å². The van der Waals surface area contributed by atoms with Gasteiger partial charge in [-0.3, -0.25) is 0 Å². The Morgan fingerprint density at radius 1 is 1.07 bits per heavy atom. The summed E-state index contributed by atoms with van der Waals surface area (Å²) in [6.45, 7) is 2.57. The molecule has 2 aromatic rings. The first kappa shape index (κ1) is 17.3. The highest BCUT2D eigenvalue weighted by Crippen LogP contribution is 2.51. The van der Waals surface area contributed by atoms with Gasteiger partial charge in [-0.05, 0) is 79.2 Å². The Hall–Kier alpha value is -1.80. The highest BCUT2D eigenvalue weighted by molar-refractivity contribution is 5.35. The van der Waals surface area contributed by atoms with Crippen LogP contribution in [-0.2, 0) is 5.41 Å². The topological polar surface area (TPSA) is 12.5 Å². The highest BCUT2D eigenvalue weighted by Gasteiger charge is 2.46. The number of benzene rings is 2. The van der Waals surface area contributed by atoms with Crippen molar-refractivity contribution in [1.82, 2.24) is 4.90 Å². The number of nitrogens with zero attached hydrogens (tertiary/aromatic N) is 1. The number of piperidine rings is 1. The first-order chi connectivity index (χ1) is 13.3. The van der Waals surface area contributed by atoms with Crippen molar-refractivity contribution in [2.24, 2.45) is 5.92 Å². The van der Waals surface area contributed by atoms with Crippen molar-refractivity contribution in [2.75, 3.05) is 20.2 Å². The highest BCUT2D eigenvalue weighted by atomic mass is 16.5. The van der Waals surface area contributed by atoms with Crippen LogP contribution in [0.1, 0.15) is 55.6 Å². The van der Waals surface area contributed by atoms with Crippen LogP contribution >= 0.6 is 0 Å². The summed E-state index contributed by atoms with van der Waals surface area (Å²) in [6, 6.07) is 20.8. The van der Waals surface area contributed by atoms with Gasteiger partial charge in [-0.1, -0.05) is 48.9 Å². The molecule has 0 aromatic heterocycles. The molecule has 0 radical (unpaired) electrons. The monoisotopic (exact) mass is 361 g/mol. The van der Waals surface area contributed by atoms with Crippen LogP contribution < -0.4 is 4.74 Å². The molecule has 2 heteroatoms. The number of hydrogen-bond acceptors (Lipinski definition) is 2. The summed E-state index contributed by atoms with van der Waals surface area (Å²) in [5, 5.41) is 0. The van der Waals surface area contributed by atoms with Crippen molar-refractivity contribution in [3.63, 3.8) is 0 Å². The van der Waals surface area contributed by atoms with Crippen molar-refractivity contribution in [3.05, 3.63) is 65.7 Å². The van der Waals surface area contributed by atoms with Crippen LogP contribution in [0.3, 0.4) is 0 Å². The summed E-state index contributed by atoms with van der Waals surface area (Å²) in [5.74, 6) is 2.69. The van der Waals surface area contributed by atoms with E-state index < -0.39 is 0 Å². The van der Waals surface area contributed by atoms with E-state index in [1.807, 2.05) is 0 Å². The molecule has 1 aliphatic heterocycles. The quantitative estimate of drug-likeness (QED) is 0.708. The van der Waals surface area contributed by atoms with Gasteiger partial charge in [0.05, 0.1) is 7.11 Å². The fraction of sp³-hybridized carbons (Fsp3) is 0.520. The lowest BCUT2D eigenvalue weighted by Crippen LogP contribution is -2.52. The van der Waals surface area contributed by atoms with Gasteiger partial charge in [-0.2, -0.15) is 0 Å². The lowest BCUT2D eigenvalue weighted by molar-refractivity contribution is 0.0478. The van der Waals surface area contributed by atoms with Gasteiger partial charge in [0.1, 0.15) is 5.75 Å². The molecular formula is C25H31NO. The number of hydrogen-bond donors (Lipinski definition) is 0. The number of rotatable bonds is 5. The van der Waals surface area contributed by atoms with Crippen molar-refractivity contribution in [3.8, 4) is 5.75 Å². The molecule has 1 heterocycles. The smallest absolute Gasteiger partial charge is 0.119 e. The van der Waals surface area contributed by atoms with Crippen molar-refractivity contribution in [2.45, 2.75) is 55.9 Å². The summed E-state index contributed by atoms with van der Waals surface area (Å²) in [4.78, 5) is 2.84. The van der Waals surface area contributed by atoms with Crippen molar-refractivity contribution in [1.29, 1.82) is 0 Å². The lowest BCUT2D eigenvalue weighted by Gasteiger charge is -2.51. The third-order valence-corrected chi connectivity index (χ3v) is 7.51. The second kappa shape index (κ2) is 6.98. The Kier molecular flexibility index (Phi) is 4.47. The minimum atomic E-state index is 0.385. The first-order valence-electron chi connectivity index (χ1n) is 10.7. The lowest BCUT2D eigenvalue weighted by atomic mass is 9.63. The van der Waals surface area contributed by atoms with E-state index in [4.69, 9.17) is 4.74 Å². The van der Waals surface area contributed by atoms with E-state index >= 15 is 0 Å². The molecule has 3 aliphatic rings. The summed E-state index contributed by atoms with van der Waals surface area (Å²) in [7, 11) is 1.78. The van der Waals surface area contributed by atoms with Gasteiger partial charge in [-0.15, -0.1) is 0 Å². The second-order valence-electron chi connectivity index (χ2n) is 9.02. The normalized spacial score (nSPS) is 32.9. The fourth-order valence-electron chi connectivity index (χ4n) is 5.87. The fourth-order valence-corrected chi connectivity index (χ4v) is 5.87. The molecule has 0 amide bonds. The minimum absolute atomic E-state index is 0.385. The van der Waals surface area contributed by atoms with E-state index in [2.05, 4.69) is 59.5 Å². The van der Waals surface area contributed by atoms with E-state index in [-0.39, 0.29) is 0 Å². The average molecular weight is 362 g/mol. The molecule has 0 N–H and O–H groups in total. The van der Waals surface area contributed by atoms with Gasteiger partial charge in [0.25, 0.3) is 0 Å². The number of methoxy groups -OCH3 is 1. The van der Waals surface area contributed by atoms with Crippen LogP contribution in [0.2, 0.25) is 0 Å². The van der Waals surface area contributed by atoms with Crippen LogP contribution in [0, 0.1) is 5.92 Å². The molecule has 142 valence electrons. The van der Waals surface area contributed by atoms with Crippen LogP contribution in [0.15, 0.2) is 54.6 Å². The molecule has 1 saturated heterocycles. The Labute approximate surface area is 163 Å².